The summed E-state index contributed by atoms with van der Waals surface area (Å²) in [6.45, 7) is 0. The highest BCUT2D eigenvalue weighted by Crippen LogP contribution is 2.38. The third kappa shape index (κ3) is 2.86. The molecule has 0 saturated carbocycles. The van der Waals surface area contributed by atoms with Crippen molar-refractivity contribution in [1.29, 1.82) is 0 Å². The summed E-state index contributed by atoms with van der Waals surface area (Å²) < 4.78 is 0.739. The zero-order valence-corrected chi connectivity index (χ0v) is 12.8. The first-order chi connectivity index (χ1) is 8.49. The van der Waals surface area contributed by atoms with Crippen molar-refractivity contribution in [2.24, 2.45) is 0 Å². The smallest absolute Gasteiger partial charge is 0.0838 e. The van der Waals surface area contributed by atoms with E-state index in [1.165, 1.54) is 0 Å². The summed E-state index contributed by atoms with van der Waals surface area (Å²) in [7, 11) is 0. The van der Waals surface area contributed by atoms with Crippen LogP contribution in [0.15, 0.2) is 34.8 Å². The standard InChI is InChI=1S/C12H8BrCl3N2/c13-7-2-4-10(12(16)11(7)15)18-9-3-1-6(17)5-8(9)14/h1-5,18H,17H2. The van der Waals surface area contributed by atoms with Gasteiger partial charge < -0.3 is 11.1 Å². The van der Waals surface area contributed by atoms with Crippen molar-refractivity contribution < 1.29 is 0 Å². The van der Waals surface area contributed by atoms with Gasteiger partial charge >= 0.3 is 0 Å². The molecule has 0 heterocycles. The highest BCUT2D eigenvalue weighted by Gasteiger charge is 2.09. The Bertz CT molecular complexity index is 602. The van der Waals surface area contributed by atoms with Crippen LogP contribution in [0.3, 0.4) is 0 Å². The summed E-state index contributed by atoms with van der Waals surface area (Å²) in [5.41, 5.74) is 7.62. The number of nitrogens with one attached hydrogen (secondary N) is 1. The lowest BCUT2D eigenvalue weighted by atomic mass is 10.2. The van der Waals surface area contributed by atoms with E-state index in [9.17, 15) is 0 Å². The molecule has 2 rings (SSSR count). The molecule has 3 N–H and O–H groups in total. The lowest BCUT2D eigenvalue weighted by molar-refractivity contribution is 1.53. The van der Waals surface area contributed by atoms with Crippen LogP contribution in [0.2, 0.25) is 15.1 Å². The monoisotopic (exact) mass is 364 g/mol. The van der Waals surface area contributed by atoms with Crippen LogP contribution in [-0.4, -0.2) is 0 Å². The van der Waals surface area contributed by atoms with Crippen molar-refractivity contribution in [2.75, 3.05) is 11.1 Å². The summed E-state index contributed by atoms with van der Waals surface area (Å²) in [6.07, 6.45) is 0. The Morgan fingerprint density at radius 3 is 2.28 bits per heavy atom. The van der Waals surface area contributed by atoms with E-state index < -0.39 is 0 Å². The Morgan fingerprint density at radius 1 is 0.944 bits per heavy atom. The zero-order chi connectivity index (χ0) is 13.3. The fourth-order valence-corrected chi connectivity index (χ4v) is 2.46. The van der Waals surface area contributed by atoms with Crippen LogP contribution < -0.4 is 11.1 Å². The largest absolute Gasteiger partial charge is 0.399 e. The van der Waals surface area contributed by atoms with Gasteiger partial charge in [0, 0.05) is 10.2 Å². The molecule has 0 radical (unpaired) electrons. The molecule has 6 heteroatoms. The SMILES string of the molecule is Nc1ccc(Nc2ccc(Br)c(Cl)c2Cl)c(Cl)c1. The molecular formula is C12H8BrCl3N2. The van der Waals surface area contributed by atoms with Crippen molar-refractivity contribution in [2.45, 2.75) is 0 Å². The van der Waals surface area contributed by atoms with Crippen molar-refractivity contribution in [3.05, 3.63) is 49.9 Å². The third-order valence-corrected chi connectivity index (χ3v) is 4.38. The van der Waals surface area contributed by atoms with Gasteiger partial charge in [-0.3, -0.25) is 0 Å². The number of hydrogen-bond donors (Lipinski definition) is 2. The van der Waals surface area contributed by atoms with Gasteiger partial charge in [-0.2, -0.15) is 0 Å². The van der Waals surface area contributed by atoms with E-state index in [2.05, 4.69) is 21.2 Å². The highest BCUT2D eigenvalue weighted by atomic mass is 79.9. The molecular weight excluding hydrogens is 358 g/mol. The van der Waals surface area contributed by atoms with E-state index in [0.717, 1.165) is 4.47 Å². The molecule has 0 unspecified atom stereocenters. The predicted molar refractivity (Wildman–Crippen MR) is 83.3 cm³/mol. The van der Waals surface area contributed by atoms with E-state index in [4.69, 9.17) is 40.5 Å². The quantitative estimate of drug-likeness (QED) is 0.526. The average Bonchev–Trinajstić information content (AvgIpc) is 2.33. The highest BCUT2D eigenvalue weighted by molar-refractivity contribution is 9.10. The number of anilines is 3. The van der Waals surface area contributed by atoms with Gasteiger partial charge in [0.25, 0.3) is 0 Å². The fourth-order valence-electron chi connectivity index (χ4n) is 1.40. The Hall–Kier alpha value is -0.610. The summed E-state index contributed by atoms with van der Waals surface area (Å²) in [5, 5.41) is 4.51. The van der Waals surface area contributed by atoms with E-state index in [1.807, 2.05) is 12.1 Å². The first-order valence-corrected chi connectivity index (χ1v) is 6.87. The number of nitrogens with two attached hydrogens (primary N) is 1. The number of nitrogen functional groups attached to an aromatic ring is 1. The van der Waals surface area contributed by atoms with Gasteiger partial charge in [0.2, 0.25) is 0 Å². The molecule has 0 atom stereocenters. The van der Waals surface area contributed by atoms with Gasteiger partial charge in [0.05, 0.1) is 26.4 Å². The maximum atomic E-state index is 6.14. The van der Waals surface area contributed by atoms with Crippen LogP contribution in [0.5, 0.6) is 0 Å². The van der Waals surface area contributed by atoms with E-state index in [-0.39, 0.29) is 0 Å². The first kappa shape index (κ1) is 13.8. The lowest BCUT2D eigenvalue weighted by Gasteiger charge is -2.12. The Morgan fingerprint density at radius 2 is 1.61 bits per heavy atom. The Labute approximate surface area is 128 Å². The van der Waals surface area contributed by atoms with Crippen LogP contribution in [0.1, 0.15) is 0 Å². The van der Waals surface area contributed by atoms with Crippen LogP contribution in [0.4, 0.5) is 17.1 Å². The second-order valence-electron chi connectivity index (χ2n) is 3.59. The first-order valence-electron chi connectivity index (χ1n) is 4.94. The third-order valence-electron chi connectivity index (χ3n) is 2.30. The second-order valence-corrected chi connectivity index (χ2v) is 5.60. The van der Waals surface area contributed by atoms with Crippen LogP contribution in [0.25, 0.3) is 0 Å². The molecule has 0 amide bonds. The van der Waals surface area contributed by atoms with Gasteiger partial charge in [-0.15, -0.1) is 0 Å². The molecule has 0 aliphatic carbocycles. The molecule has 0 bridgehead atoms. The topological polar surface area (TPSA) is 38.0 Å². The summed E-state index contributed by atoms with van der Waals surface area (Å²) in [6, 6.07) is 8.82. The molecule has 0 saturated heterocycles. The van der Waals surface area contributed by atoms with Crippen molar-refractivity contribution in [1.82, 2.24) is 0 Å². The summed E-state index contributed by atoms with van der Waals surface area (Å²) in [4.78, 5) is 0. The van der Waals surface area contributed by atoms with Gasteiger partial charge in [0.15, 0.2) is 0 Å². The second kappa shape index (κ2) is 5.57. The van der Waals surface area contributed by atoms with E-state index >= 15 is 0 Å². The molecule has 2 nitrogen and oxygen atoms in total. The molecule has 0 aliphatic heterocycles. The minimum absolute atomic E-state index is 0.430. The minimum Gasteiger partial charge on any atom is -0.399 e. The average molecular weight is 366 g/mol. The van der Waals surface area contributed by atoms with Crippen molar-refractivity contribution >= 4 is 67.8 Å². The van der Waals surface area contributed by atoms with Gasteiger partial charge in [-0.25, -0.2) is 0 Å². The van der Waals surface area contributed by atoms with E-state index in [0.29, 0.717) is 32.1 Å². The van der Waals surface area contributed by atoms with Crippen LogP contribution in [-0.2, 0) is 0 Å². The van der Waals surface area contributed by atoms with Gasteiger partial charge in [0.1, 0.15) is 0 Å². The molecule has 94 valence electrons. The molecule has 2 aromatic rings. The fraction of sp³-hybridized carbons (Fsp3) is 0. The molecule has 0 fully saturated rings. The number of rotatable bonds is 2. The summed E-state index contributed by atoms with van der Waals surface area (Å²) in [5.74, 6) is 0. The Kier molecular flexibility index (Phi) is 4.28. The van der Waals surface area contributed by atoms with Gasteiger partial charge in [-0.05, 0) is 46.3 Å². The van der Waals surface area contributed by atoms with Crippen molar-refractivity contribution in [3.63, 3.8) is 0 Å². The van der Waals surface area contributed by atoms with Crippen LogP contribution >= 0.6 is 50.7 Å². The zero-order valence-electron chi connectivity index (χ0n) is 8.98. The maximum absolute atomic E-state index is 6.14. The normalized spacial score (nSPS) is 10.4. The number of hydrogen-bond acceptors (Lipinski definition) is 2. The molecule has 0 spiro atoms. The molecule has 0 aromatic heterocycles. The number of benzene rings is 2. The van der Waals surface area contributed by atoms with Gasteiger partial charge in [-0.1, -0.05) is 34.8 Å². The molecule has 2 aromatic carbocycles. The summed E-state index contributed by atoms with van der Waals surface area (Å²) >= 11 is 21.6. The van der Waals surface area contributed by atoms with E-state index in [1.54, 1.807) is 18.2 Å². The number of halogens is 4. The van der Waals surface area contributed by atoms with Crippen LogP contribution in [0, 0.1) is 0 Å². The van der Waals surface area contributed by atoms with Crippen molar-refractivity contribution in [3.8, 4) is 0 Å². The maximum Gasteiger partial charge on any atom is 0.0838 e. The lowest BCUT2D eigenvalue weighted by Crippen LogP contribution is -1.94. The molecule has 0 aliphatic rings. The minimum atomic E-state index is 0.430. The Balaban J connectivity index is 2.37. The molecule has 18 heavy (non-hydrogen) atoms. The predicted octanol–water partition coefficient (Wildman–Crippen LogP) is 5.74.